The van der Waals surface area contributed by atoms with Gasteiger partial charge in [0.2, 0.25) is 0 Å². The van der Waals surface area contributed by atoms with Crippen molar-refractivity contribution >= 4 is 10.8 Å². The van der Waals surface area contributed by atoms with Gasteiger partial charge in [0.05, 0.1) is 6.54 Å². The van der Waals surface area contributed by atoms with Crippen LogP contribution in [-0.4, -0.2) is 37.6 Å². The average Bonchev–Trinajstić information content (AvgIpc) is 2.96. The fourth-order valence-electron chi connectivity index (χ4n) is 3.47. The van der Waals surface area contributed by atoms with Crippen LogP contribution in [0, 0.1) is 11.8 Å². The molecule has 1 N–H and O–H groups in total. The molecule has 0 amide bonds. The van der Waals surface area contributed by atoms with Gasteiger partial charge in [0, 0.05) is 31.7 Å². The third-order valence-corrected chi connectivity index (χ3v) is 4.61. The van der Waals surface area contributed by atoms with Gasteiger partial charge in [0.25, 0.3) is 0 Å². The van der Waals surface area contributed by atoms with Crippen molar-refractivity contribution in [1.29, 1.82) is 0 Å². The van der Waals surface area contributed by atoms with Crippen LogP contribution in [0.2, 0.25) is 0 Å². The van der Waals surface area contributed by atoms with Crippen molar-refractivity contribution in [2.45, 2.75) is 12.8 Å². The Kier molecular flexibility index (Phi) is 3.39. The summed E-state index contributed by atoms with van der Waals surface area (Å²) in [5, 5.41) is 6.18. The number of nitrogens with zero attached hydrogens (tertiary/aromatic N) is 1. The molecule has 106 valence electrons. The molecule has 1 aliphatic carbocycles. The van der Waals surface area contributed by atoms with Crippen molar-refractivity contribution in [2.75, 3.05) is 32.7 Å². The maximum atomic E-state index is 3.41. The summed E-state index contributed by atoms with van der Waals surface area (Å²) in [5.74, 6) is 6.78. The predicted molar refractivity (Wildman–Crippen MR) is 87.5 cm³/mol. The quantitative estimate of drug-likeness (QED) is 0.803. The van der Waals surface area contributed by atoms with E-state index in [0.717, 1.165) is 32.7 Å². The number of hydrogen-bond donors (Lipinski definition) is 1. The molecule has 1 heterocycles. The fraction of sp³-hybridized carbons (Fsp3) is 0.368. The van der Waals surface area contributed by atoms with Crippen LogP contribution in [-0.2, 0) is 12.8 Å². The minimum absolute atomic E-state index is 0.880. The topological polar surface area (TPSA) is 15.3 Å². The van der Waals surface area contributed by atoms with E-state index < -0.39 is 0 Å². The minimum Gasteiger partial charge on any atom is -0.314 e. The molecule has 2 nitrogen and oxygen atoms in total. The van der Waals surface area contributed by atoms with Gasteiger partial charge in [0.15, 0.2) is 0 Å². The summed E-state index contributed by atoms with van der Waals surface area (Å²) < 4.78 is 0. The van der Waals surface area contributed by atoms with Gasteiger partial charge in [0.1, 0.15) is 0 Å². The number of piperazine rings is 1. The Balaban J connectivity index is 1.63. The van der Waals surface area contributed by atoms with E-state index in [1.807, 2.05) is 0 Å². The summed E-state index contributed by atoms with van der Waals surface area (Å²) in [6.45, 7) is 5.27. The van der Waals surface area contributed by atoms with Crippen LogP contribution >= 0.6 is 0 Å². The molecule has 21 heavy (non-hydrogen) atoms. The monoisotopic (exact) mass is 276 g/mol. The molecular formula is C19H20N2. The van der Waals surface area contributed by atoms with E-state index >= 15 is 0 Å². The highest BCUT2D eigenvalue weighted by atomic mass is 15.2. The summed E-state index contributed by atoms with van der Waals surface area (Å²) in [6, 6.07) is 11.1. The molecule has 1 aliphatic heterocycles. The summed E-state index contributed by atoms with van der Waals surface area (Å²) in [6.07, 6.45) is 2.37. The van der Waals surface area contributed by atoms with E-state index in [0.29, 0.717) is 0 Å². The normalized spacial score (nSPS) is 17.7. The van der Waals surface area contributed by atoms with E-state index in [4.69, 9.17) is 0 Å². The van der Waals surface area contributed by atoms with Crippen LogP contribution in [0.5, 0.6) is 0 Å². The van der Waals surface area contributed by atoms with E-state index in [1.165, 1.54) is 40.3 Å². The van der Waals surface area contributed by atoms with E-state index in [9.17, 15) is 0 Å². The molecule has 0 bridgehead atoms. The van der Waals surface area contributed by atoms with Crippen molar-refractivity contribution in [3.63, 3.8) is 0 Å². The zero-order valence-corrected chi connectivity index (χ0v) is 12.3. The lowest BCUT2D eigenvalue weighted by atomic mass is 10.0. The van der Waals surface area contributed by atoms with Crippen LogP contribution in [0.4, 0.5) is 0 Å². The fourth-order valence-corrected chi connectivity index (χ4v) is 3.47. The molecule has 2 heteroatoms. The SMILES string of the molecule is C(#Cc1ccc2c3c(cccc13)CC2)CN1CCNCC1. The average molecular weight is 276 g/mol. The van der Waals surface area contributed by atoms with E-state index in [-0.39, 0.29) is 0 Å². The Morgan fingerprint density at radius 1 is 1.00 bits per heavy atom. The van der Waals surface area contributed by atoms with Crippen molar-refractivity contribution in [2.24, 2.45) is 0 Å². The Labute approximate surface area is 126 Å². The lowest BCUT2D eigenvalue weighted by Gasteiger charge is -2.24. The maximum Gasteiger partial charge on any atom is 0.0606 e. The van der Waals surface area contributed by atoms with Crippen molar-refractivity contribution < 1.29 is 0 Å². The highest BCUT2D eigenvalue weighted by Gasteiger charge is 2.14. The molecule has 1 saturated heterocycles. The molecule has 0 radical (unpaired) electrons. The lowest BCUT2D eigenvalue weighted by Crippen LogP contribution is -2.43. The van der Waals surface area contributed by atoms with Gasteiger partial charge in [-0.15, -0.1) is 0 Å². The standard InChI is InChI=1S/C19H20N2/c1-3-16-8-9-17-7-6-15(18(5-1)19(16)17)4-2-12-21-13-10-20-11-14-21/h1,3,5-7,20H,8-14H2. The Morgan fingerprint density at radius 2 is 1.81 bits per heavy atom. The number of aryl methyl sites for hydroxylation is 2. The summed E-state index contributed by atoms with van der Waals surface area (Å²) in [7, 11) is 0. The molecule has 0 aromatic heterocycles. The maximum absolute atomic E-state index is 3.41. The number of benzene rings is 2. The minimum atomic E-state index is 0.880. The smallest absolute Gasteiger partial charge is 0.0606 e. The van der Waals surface area contributed by atoms with Gasteiger partial charge in [-0.1, -0.05) is 36.1 Å². The third-order valence-electron chi connectivity index (χ3n) is 4.61. The molecule has 2 aromatic carbocycles. The molecule has 0 saturated carbocycles. The first kappa shape index (κ1) is 12.9. The molecule has 2 aromatic rings. The van der Waals surface area contributed by atoms with Gasteiger partial charge in [-0.3, -0.25) is 4.90 Å². The van der Waals surface area contributed by atoms with Crippen LogP contribution in [0.25, 0.3) is 10.8 Å². The Hall–Kier alpha value is -1.82. The first-order valence-electron chi connectivity index (χ1n) is 7.87. The largest absolute Gasteiger partial charge is 0.314 e. The number of hydrogen-bond acceptors (Lipinski definition) is 2. The summed E-state index contributed by atoms with van der Waals surface area (Å²) in [4.78, 5) is 2.42. The summed E-state index contributed by atoms with van der Waals surface area (Å²) in [5.41, 5.74) is 4.18. The highest BCUT2D eigenvalue weighted by Crippen LogP contribution is 2.32. The van der Waals surface area contributed by atoms with E-state index in [1.54, 1.807) is 0 Å². The second-order valence-corrected chi connectivity index (χ2v) is 5.94. The van der Waals surface area contributed by atoms with Crippen molar-refractivity contribution in [3.8, 4) is 11.8 Å². The second-order valence-electron chi connectivity index (χ2n) is 5.94. The van der Waals surface area contributed by atoms with Gasteiger partial charge in [-0.2, -0.15) is 0 Å². The number of rotatable bonds is 1. The Morgan fingerprint density at radius 3 is 2.67 bits per heavy atom. The Bertz CT molecular complexity index is 720. The van der Waals surface area contributed by atoms with Crippen LogP contribution in [0.3, 0.4) is 0 Å². The number of nitrogens with one attached hydrogen (secondary N) is 1. The van der Waals surface area contributed by atoms with Gasteiger partial charge >= 0.3 is 0 Å². The molecule has 0 spiro atoms. The lowest BCUT2D eigenvalue weighted by molar-refractivity contribution is 0.268. The van der Waals surface area contributed by atoms with Gasteiger partial charge in [-0.25, -0.2) is 0 Å². The van der Waals surface area contributed by atoms with E-state index in [2.05, 4.69) is 52.4 Å². The highest BCUT2D eigenvalue weighted by molar-refractivity contribution is 5.94. The van der Waals surface area contributed by atoms with Crippen LogP contribution in [0.15, 0.2) is 30.3 Å². The summed E-state index contributed by atoms with van der Waals surface area (Å²) >= 11 is 0. The second kappa shape index (κ2) is 5.52. The zero-order valence-electron chi connectivity index (χ0n) is 12.3. The van der Waals surface area contributed by atoms with Crippen LogP contribution < -0.4 is 5.32 Å². The first-order chi connectivity index (χ1) is 10.4. The molecule has 4 rings (SSSR count). The first-order valence-corrected chi connectivity index (χ1v) is 7.87. The van der Waals surface area contributed by atoms with Gasteiger partial charge < -0.3 is 5.32 Å². The zero-order chi connectivity index (χ0) is 14.1. The van der Waals surface area contributed by atoms with Gasteiger partial charge in [-0.05, 0) is 40.8 Å². The van der Waals surface area contributed by atoms with Crippen molar-refractivity contribution in [3.05, 3.63) is 47.0 Å². The molecule has 0 atom stereocenters. The molecule has 1 fully saturated rings. The third kappa shape index (κ3) is 2.44. The van der Waals surface area contributed by atoms with Crippen molar-refractivity contribution in [1.82, 2.24) is 10.2 Å². The van der Waals surface area contributed by atoms with Crippen LogP contribution in [0.1, 0.15) is 16.7 Å². The molecule has 0 unspecified atom stereocenters. The molecular weight excluding hydrogens is 256 g/mol. The predicted octanol–water partition coefficient (Wildman–Crippen LogP) is 2.20. The molecule has 2 aliphatic rings.